The Morgan fingerprint density at radius 1 is 1.40 bits per heavy atom. The Kier molecular flexibility index (Phi) is 6.01. The van der Waals surface area contributed by atoms with E-state index in [-0.39, 0.29) is 5.97 Å². The van der Waals surface area contributed by atoms with E-state index in [4.69, 9.17) is 10.5 Å². The van der Waals surface area contributed by atoms with Crippen molar-refractivity contribution in [1.82, 2.24) is 0 Å². The molecule has 0 saturated carbocycles. The third-order valence-corrected chi connectivity index (χ3v) is 3.42. The van der Waals surface area contributed by atoms with Gasteiger partial charge in [0.25, 0.3) is 0 Å². The monoisotopic (exact) mass is 342 g/mol. The topological polar surface area (TPSA) is 81.4 Å². The molecule has 0 fully saturated rings. The van der Waals surface area contributed by atoms with Crippen LogP contribution in [0.3, 0.4) is 0 Å². The van der Waals surface area contributed by atoms with Crippen molar-refractivity contribution < 1.29 is 14.3 Å². The summed E-state index contributed by atoms with van der Waals surface area (Å²) in [6.07, 6.45) is 0.655. The van der Waals surface area contributed by atoms with Gasteiger partial charge in [0, 0.05) is 10.2 Å². The Bertz CT molecular complexity index is 503. The molecule has 0 aliphatic rings. The summed E-state index contributed by atoms with van der Waals surface area (Å²) in [5.74, 6) is -0.469. The molecule has 0 bridgehead atoms. The lowest BCUT2D eigenvalue weighted by Gasteiger charge is -2.19. The average Bonchev–Trinajstić information content (AvgIpc) is 2.36. The maximum atomic E-state index is 11.7. The smallest absolute Gasteiger partial charge is 0.328 e. The number of nitrogens with one attached hydrogen (secondary N) is 1. The molecule has 20 heavy (non-hydrogen) atoms. The highest BCUT2D eigenvalue weighted by molar-refractivity contribution is 9.10. The van der Waals surface area contributed by atoms with Crippen LogP contribution in [0, 0.1) is 5.92 Å². The van der Waals surface area contributed by atoms with Gasteiger partial charge in [-0.05, 0) is 46.5 Å². The van der Waals surface area contributed by atoms with Crippen LogP contribution >= 0.6 is 15.9 Å². The highest BCUT2D eigenvalue weighted by Crippen LogP contribution is 2.23. The molecule has 1 rings (SSSR count). The summed E-state index contributed by atoms with van der Waals surface area (Å²) < 4.78 is 5.38. The molecule has 0 heterocycles. The molecule has 1 aromatic rings. The molecule has 0 aliphatic carbocycles. The maximum Gasteiger partial charge on any atom is 0.328 e. The highest BCUT2D eigenvalue weighted by Gasteiger charge is 2.20. The van der Waals surface area contributed by atoms with Gasteiger partial charge in [-0.2, -0.15) is 0 Å². The van der Waals surface area contributed by atoms with E-state index in [1.165, 1.54) is 7.11 Å². The van der Waals surface area contributed by atoms with Crippen molar-refractivity contribution >= 4 is 33.5 Å². The van der Waals surface area contributed by atoms with Crippen molar-refractivity contribution in [3.8, 4) is 0 Å². The Balaban J connectivity index is 2.91. The first-order valence-corrected chi connectivity index (χ1v) is 7.08. The van der Waals surface area contributed by atoms with Crippen LogP contribution in [0.25, 0.3) is 0 Å². The first-order valence-electron chi connectivity index (χ1n) is 6.28. The molecule has 0 spiro atoms. The first kappa shape index (κ1) is 16.5. The molecular formula is C14H19BrN2O3. The number of primary amides is 1. The van der Waals surface area contributed by atoms with E-state index in [1.807, 2.05) is 13.8 Å². The van der Waals surface area contributed by atoms with Gasteiger partial charge in [-0.1, -0.05) is 13.8 Å². The second-order valence-corrected chi connectivity index (χ2v) is 5.76. The third kappa shape index (κ3) is 4.52. The zero-order chi connectivity index (χ0) is 15.3. The summed E-state index contributed by atoms with van der Waals surface area (Å²) in [6.45, 7) is 4.06. The lowest BCUT2D eigenvalue weighted by Crippen LogP contribution is -2.32. The minimum atomic E-state index is -0.505. The number of ether oxygens (including phenoxy) is 1. The number of carbonyl (C=O) groups is 2. The number of methoxy groups -OCH3 is 1. The van der Waals surface area contributed by atoms with E-state index in [1.54, 1.807) is 18.2 Å². The summed E-state index contributed by atoms with van der Waals surface area (Å²) in [5.41, 5.74) is 6.36. The molecule has 6 heteroatoms. The van der Waals surface area contributed by atoms with Crippen LogP contribution in [-0.4, -0.2) is 25.0 Å². The Morgan fingerprint density at radius 2 is 2.05 bits per heavy atom. The van der Waals surface area contributed by atoms with E-state index < -0.39 is 11.9 Å². The molecule has 1 unspecified atom stereocenters. The number of esters is 1. The van der Waals surface area contributed by atoms with Crippen LogP contribution in [0.5, 0.6) is 0 Å². The van der Waals surface area contributed by atoms with Crippen molar-refractivity contribution in [2.24, 2.45) is 11.7 Å². The Hall–Kier alpha value is -1.56. The van der Waals surface area contributed by atoms with Crippen molar-refractivity contribution in [2.45, 2.75) is 26.3 Å². The molecule has 110 valence electrons. The molecule has 0 aromatic heterocycles. The van der Waals surface area contributed by atoms with Crippen LogP contribution in [0.2, 0.25) is 0 Å². The second-order valence-electron chi connectivity index (χ2n) is 4.91. The van der Waals surface area contributed by atoms with Gasteiger partial charge in [-0.25, -0.2) is 4.79 Å². The summed E-state index contributed by atoms with van der Waals surface area (Å²) in [6, 6.07) is 4.61. The van der Waals surface area contributed by atoms with Gasteiger partial charge in [-0.15, -0.1) is 0 Å². The van der Waals surface area contributed by atoms with Gasteiger partial charge in [0.05, 0.1) is 12.7 Å². The summed E-state index contributed by atoms with van der Waals surface area (Å²) in [5, 5.41) is 3.11. The Labute approximate surface area is 127 Å². The van der Waals surface area contributed by atoms with Gasteiger partial charge in [0.15, 0.2) is 0 Å². The minimum Gasteiger partial charge on any atom is -0.467 e. The number of benzene rings is 1. The molecule has 1 atom stereocenters. The standard InChI is InChI=1S/C14H19BrN2O3/c1-8(2)6-12(14(19)20-3)17-9-4-5-10(13(16)18)11(15)7-9/h4-5,7-8,12,17H,6H2,1-3H3,(H2,16,18). The van der Waals surface area contributed by atoms with Gasteiger partial charge in [0.1, 0.15) is 6.04 Å². The van der Waals surface area contributed by atoms with Crippen LogP contribution in [0.15, 0.2) is 22.7 Å². The number of halogens is 1. The summed E-state index contributed by atoms with van der Waals surface area (Å²) >= 11 is 3.29. The number of carbonyl (C=O) groups excluding carboxylic acids is 2. The molecule has 0 saturated heterocycles. The quantitative estimate of drug-likeness (QED) is 0.778. The molecule has 3 N–H and O–H groups in total. The van der Waals surface area contributed by atoms with Crippen LogP contribution in [0.4, 0.5) is 5.69 Å². The van der Waals surface area contributed by atoms with Gasteiger partial charge in [-0.3, -0.25) is 4.79 Å². The first-order chi connectivity index (χ1) is 9.35. The molecule has 1 amide bonds. The number of anilines is 1. The van der Waals surface area contributed by atoms with E-state index in [2.05, 4.69) is 21.2 Å². The van der Waals surface area contributed by atoms with Gasteiger partial charge >= 0.3 is 5.97 Å². The SMILES string of the molecule is COC(=O)C(CC(C)C)Nc1ccc(C(N)=O)c(Br)c1. The minimum absolute atomic E-state index is 0.311. The van der Waals surface area contributed by atoms with Crippen LogP contribution in [0.1, 0.15) is 30.6 Å². The van der Waals surface area contributed by atoms with E-state index >= 15 is 0 Å². The average molecular weight is 343 g/mol. The number of hydrogen-bond acceptors (Lipinski definition) is 4. The van der Waals surface area contributed by atoms with E-state index in [0.717, 1.165) is 5.69 Å². The van der Waals surface area contributed by atoms with Crippen molar-refractivity contribution in [2.75, 3.05) is 12.4 Å². The predicted molar refractivity (Wildman–Crippen MR) is 81.5 cm³/mol. The predicted octanol–water partition coefficient (Wildman–Crippen LogP) is 2.55. The van der Waals surface area contributed by atoms with Gasteiger partial charge < -0.3 is 15.8 Å². The van der Waals surface area contributed by atoms with Crippen molar-refractivity contribution in [3.63, 3.8) is 0 Å². The molecular weight excluding hydrogens is 324 g/mol. The Morgan fingerprint density at radius 3 is 2.50 bits per heavy atom. The third-order valence-electron chi connectivity index (χ3n) is 2.77. The van der Waals surface area contributed by atoms with Crippen LogP contribution in [-0.2, 0) is 9.53 Å². The molecule has 5 nitrogen and oxygen atoms in total. The maximum absolute atomic E-state index is 11.7. The number of amides is 1. The molecule has 0 aliphatic heterocycles. The summed E-state index contributed by atoms with van der Waals surface area (Å²) in [7, 11) is 1.36. The second kappa shape index (κ2) is 7.28. The van der Waals surface area contributed by atoms with Crippen LogP contribution < -0.4 is 11.1 Å². The van der Waals surface area contributed by atoms with Crippen molar-refractivity contribution in [3.05, 3.63) is 28.2 Å². The lowest BCUT2D eigenvalue weighted by atomic mass is 10.0. The van der Waals surface area contributed by atoms with E-state index in [0.29, 0.717) is 22.4 Å². The van der Waals surface area contributed by atoms with Crippen molar-refractivity contribution in [1.29, 1.82) is 0 Å². The summed E-state index contributed by atoms with van der Waals surface area (Å²) in [4.78, 5) is 22.9. The fraction of sp³-hybridized carbons (Fsp3) is 0.429. The van der Waals surface area contributed by atoms with Gasteiger partial charge in [0.2, 0.25) is 5.91 Å². The highest BCUT2D eigenvalue weighted by atomic mass is 79.9. The van der Waals surface area contributed by atoms with E-state index in [9.17, 15) is 9.59 Å². The lowest BCUT2D eigenvalue weighted by molar-refractivity contribution is -0.141. The number of nitrogens with two attached hydrogens (primary N) is 1. The largest absolute Gasteiger partial charge is 0.467 e. The zero-order valence-corrected chi connectivity index (χ0v) is 13.4. The fourth-order valence-electron chi connectivity index (χ4n) is 1.83. The number of hydrogen-bond donors (Lipinski definition) is 2. The molecule has 0 radical (unpaired) electrons. The molecule has 1 aromatic carbocycles. The number of rotatable bonds is 6. The zero-order valence-electron chi connectivity index (χ0n) is 11.8. The fourth-order valence-corrected chi connectivity index (χ4v) is 2.41. The normalized spacial score (nSPS) is 12.1.